The summed E-state index contributed by atoms with van der Waals surface area (Å²) < 4.78 is 8.04. The van der Waals surface area contributed by atoms with Crippen molar-refractivity contribution in [2.24, 2.45) is 0 Å². The Labute approximate surface area is 190 Å². The Kier molecular flexibility index (Phi) is 6.36. The molecule has 3 aromatic rings. The van der Waals surface area contributed by atoms with Crippen molar-refractivity contribution in [1.82, 2.24) is 14.5 Å². The largest absolute Gasteiger partial charge is 0.425 e. The Morgan fingerprint density at radius 2 is 1.71 bits per heavy atom. The van der Waals surface area contributed by atoms with Gasteiger partial charge >= 0.3 is 12.0 Å². The fourth-order valence-corrected chi connectivity index (χ4v) is 3.74. The van der Waals surface area contributed by atoms with Crippen molar-refractivity contribution in [2.45, 2.75) is 19.5 Å². The number of hydrogen-bond donors (Lipinski definition) is 1. The molecule has 0 aliphatic carbocycles. The topological polar surface area (TPSA) is 70.8 Å². The lowest BCUT2D eigenvalue weighted by atomic mass is 10.2. The van der Waals surface area contributed by atoms with Crippen LogP contribution in [0.25, 0.3) is 0 Å². The molecule has 1 N–H and O–H groups in total. The predicted molar refractivity (Wildman–Crippen MR) is 120 cm³/mol. The highest BCUT2D eigenvalue weighted by Crippen LogP contribution is 2.34. The highest BCUT2D eigenvalue weighted by Gasteiger charge is 2.33. The number of aromatic nitrogens is 2. The number of halogens is 2. The maximum atomic E-state index is 12.8. The van der Waals surface area contributed by atoms with Gasteiger partial charge in [0.05, 0.1) is 18.8 Å². The molecule has 1 aliphatic heterocycles. The van der Waals surface area contributed by atoms with E-state index in [9.17, 15) is 9.90 Å². The van der Waals surface area contributed by atoms with Gasteiger partial charge in [0.2, 0.25) is 0 Å². The number of urea groups is 1. The van der Waals surface area contributed by atoms with Gasteiger partial charge in [0, 0.05) is 30.2 Å². The number of benzene rings is 2. The van der Waals surface area contributed by atoms with Crippen LogP contribution in [0.5, 0.6) is 11.8 Å². The molecule has 0 bridgehead atoms. The molecule has 2 amide bonds. The van der Waals surface area contributed by atoms with Crippen LogP contribution in [0.4, 0.5) is 10.6 Å². The summed E-state index contributed by atoms with van der Waals surface area (Å²) in [5, 5.41) is 10.5. The number of aliphatic hydroxyl groups excluding tert-OH is 1. The van der Waals surface area contributed by atoms with Crippen LogP contribution in [-0.4, -0.2) is 45.8 Å². The molecule has 0 spiro atoms. The highest BCUT2D eigenvalue weighted by atomic mass is 35.5. The van der Waals surface area contributed by atoms with Crippen LogP contribution < -0.4 is 9.64 Å². The van der Waals surface area contributed by atoms with Crippen LogP contribution in [0, 0.1) is 0 Å². The van der Waals surface area contributed by atoms with E-state index in [0.29, 0.717) is 53.7 Å². The number of rotatable bonds is 7. The fourth-order valence-electron chi connectivity index (χ4n) is 3.49. The van der Waals surface area contributed by atoms with Crippen LogP contribution >= 0.6 is 23.2 Å². The summed E-state index contributed by atoms with van der Waals surface area (Å²) in [6, 6.07) is 14.8. The van der Waals surface area contributed by atoms with E-state index in [0.717, 1.165) is 11.3 Å². The van der Waals surface area contributed by atoms with Crippen LogP contribution in [0.2, 0.25) is 10.0 Å². The van der Waals surface area contributed by atoms with Gasteiger partial charge in [-0.3, -0.25) is 9.47 Å². The standard InChI is InChI=1S/C22H22Cl2N4O3/c1-26-20-19(14-27(22(26)30)11-2-12-29)28(13-15-3-5-16(23)6-4-15)21(25-20)31-18-9-7-17(24)8-10-18/h3-10,29H,2,11-14H2,1H3. The zero-order valence-electron chi connectivity index (χ0n) is 17.0. The first-order valence-corrected chi connectivity index (χ1v) is 10.6. The first-order chi connectivity index (χ1) is 15.0. The van der Waals surface area contributed by atoms with E-state index < -0.39 is 0 Å². The molecule has 0 saturated carbocycles. The second-order valence-corrected chi connectivity index (χ2v) is 8.15. The van der Waals surface area contributed by atoms with Crippen LogP contribution in [-0.2, 0) is 13.1 Å². The van der Waals surface area contributed by atoms with E-state index in [4.69, 9.17) is 27.9 Å². The number of carbonyl (C=O) groups excluding carboxylic acids is 1. The third kappa shape index (κ3) is 4.63. The molecule has 0 radical (unpaired) electrons. The van der Waals surface area contributed by atoms with Crippen LogP contribution in [0.3, 0.4) is 0 Å². The van der Waals surface area contributed by atoms with Crippen molar-refractivity contribution >= 4 is 35.1 Å². The Morgan fingerprint density at radius 1 is 1.06 bits per heavy atom. The Bertz CT molecular complexity index is 1070. The fraction of sp³-hybridized carbons (Fsp3) is 0.273. The van der Waals surface area contributed by atoms with Gasteiger partial charge in [-0.25, -0.2) is 4.79 Å². The lowest BCUT2D eigenvalue weighted by Gasteiger charge is -2.32. The molecule has 31 heavy (non-hydrogen) atoms. The predicted octanol–water partition coefficient (Wildman–Crippen LogP) is 4.78. The van der Waals surface area contributed by atoms with E-state index in [1.165, 1.54) is 4.90 Å². The number of fused-ring (bicyclic) bond motifs is 1. The maximum Gasteiger partial charge on any atom is 0.325 e. The lowest BCUT2D eigenvalue weighted by Crippen LogP contribution is -2.46. The van der Waals surface area contributed by atoms with Crippen molar-refractivity contribution in [3.63, 3.8) is 0 Å². The minimum atomic E-state index is -0.157. The number of ether oxygens (including phenoxy) is 1. The molecule has 0 atom stereocenters. The second-order valence-electron chi connectivity index (χ2n) is 7.27. The normalized spacial score (nSPS) is 13.5. The molecule has 2 heterocycles. The minimum absolute atomic E-state index is 0.0231. The number of carbonyl (C=O) groups is 1. The first-order valence-electron chi connectivity index (χ1n) is 9.87. The Morgan fingerprint density at radius 3 is 2.35 bits per heavy atom. The van der Waals surface area contributed by atoms with Crippen molar-refractivity contribution < 1.29 is 14.6 Å². The maximum absolute atomic E-state index is 12.8. The summed E-state index contributed by atoms with van der Waals surface area (Å²) in [6.45, 7) is 1.36. The number of hydrogen-bond acceptors (Lipinski definition) is 4. The van der Waals surface area contributed by atoms with Crippen molar-refractivity contribution in [2.75, 3.05) is 25.1 Å². The van der Waals surface area contributed by atoms with Crippen LogP contribution in [0.15, 0.2) is 48.5 Å². The number of amides is 2. The smallest absolute Gasteiger partial charge is 0.325 e. The summed E-state index contributed by atoms with van der Waals surface area (Å²) >= 11 is 12.0. The van der Waals surface area contributed by atoms with Gasteiger partial charge in [0.25, 0.3) is 0 Å². The third-order valence-corrected chi connectivity index (χ3v) is 5.60. The average Bonchev–Trinajstić information content (AvgIpc) is 3.10. The molecule has 1 aliphatic rings. The summed E-state index contributed by atoms with van der Waals surface area (Å²) in [5.74, 6) is 1.15. The molecule has 4 rings (SSSR count). The lowest BCUT2D eigenvalue weighted by molar-refractivity contribution is 0.188. The molecular formula is C22H22Cl2N4O3. The van der Waals surface area contributed by atoms with Crippen molar-refractivity contribution in [1.29, 1.82) is 0 Å². The molecule has 9 heteroatoms. The van der Waals surface area contributed by atoms with Crippen molar-refractivity contribution in [3.8, 4) is 11.8 Å². The molecule has 2 aromatic carbocycles. The molecule has 1 aromatic heterocycles. The summed E-state index contributed by atoms with van der Waals surface area (Å²) in [7, 11) is 1.69. The number of nitrogens with zero attached hydrogens (tertiary/aromatic N) is 4. The summed E-state index contributed by atoms with van der Waals surface area (Å²) in [4.78, 5) is 20.6. The Balaban J connectivity index is 1.73. The van der Waals surface area contributed by atoms with Gasteiger partial charge in [-0.1, -0.05) is 35.3 Å². The average molecular weight is 461 g/mol. The van der Waals surface area contributed by atoms with Crippen molar-refractivity contribution in [3.05, 3.63) is 69.8 Å². The minimum Gasteiger partial charge on any atom is -0.425 e. The number of aliphatic hydroxyl groups is 1. The summed E-state index contributed by atoms with van der Waals surface area (Å²) in [5.41, 5.74) is 1.88. The molecular weight excluding hydrogens is 439 g/mol. The SMILES string of the molecule is CN1C(=O)N(CCCO)Cc2c1nc(Oc1ccc(Cl)cc1)n2Cc1ccc(Cl)cc1. The van der Waals surface area contributed by atoms with Gasteiger partial charge in [-0.15, -0.1) is 0 Å². The van der Waals surface area contributed by atoms with Crippen LogP contribution in [0.1, 0.15) is 17.7 Å². The molecule has 0 unspecified atom stereocenters. The van der Waals surface area contributed by atoms with Gasteiger partial charge in [-0.2, -0.15) is 4.98 Å². The monoisotopic (exact) mass is 460 g/mol. The first kappa shape index (κ1) is 21.5. The van der Waals surface area contributed by atoms with E-state index in [-0.39, 0.29) is 12.6 Å². The third-order valence-electron chi connectivity index (χ3n) is 5.10. The van der Waals surface area contributed by atoms with E-state index in [1.807, 2.05) is 28.8 Å². The Hall–Kier alpha value is -2.74. The number of anilines is 1. The van der Waals surface area contributed by atoms with E-state index in [1.54, 1.807) is 36.2 Å². The van der Waals surface area contributed by atoms with E-state index in [2.05, 4.69) is 4.98 Å². The zero-order valence-corrected chi connectivity index (χ0v) is 18.5. The van der Waals surface area contributed by atoms with E-state index >= 15 is 0 Å². The molecule has 0 saturated heterocycles. The number of imidazole rings is 1. The summed E-state index contributed by atoms with van der Waals surface area (Å²) in [6.07, 6.45) is 0.508. The van der Waals surface area contributed by atoms with Gasteiger partial charge < -0.3 is 14.7 Å². The molecule has 0 fully saturated rings. The van der Waals surface area contributed by atoms with Gasteiger partial charge in [0.15, 0.2) is 5.82 Å². The van der Waals surface area contributed by atoms with Gasteiger partial charge in [0.1, 0.15) is 5.75 Å². The molecule has 7 nitrogen and oxygen atoms in total. The second kappa shape index (κ2) is 9.18. The quantitative estimate of drug-likeness (QED) is 0.550. The zero-order chi connectivity index (χ0) is 22.0. The highest BCUT2D eigenvalue weighted by molar-refractivity contribution is 6.30. The molecule has 162 valence electrons. The van der Waals surface area contributed by atoms with Gasteiger partial charge in [-0.05, 0) is 48.4 Å².